The van der Waals surface area contributed by atoms with E-state index < -0.39 is 12.5 Å². The standard InChI is InChI=1S/C16H21NO.C2HF3O.C2H6/c1-17-11-10-16(8-6-14(18)7-9-16)15-5-3-2-4-13(15)12-17;3-2(4,5)1-6;1-2/h2-3,6-9,13,15H,4-5,10-12H2,1H3;1H;1-2H3. The highest BCUT2D eigenvalue weighted by Crippen LogP contribution is 2.47. The maximum atomic E-state index is 11.4. The van der Waals surface area contributed by atoms with E-state index in [0.29, 0.717) is 5.92 Å². The van der Waals surface area contributed by atoms with Crippen molar-refractivity contribution in [3.8, 4) is 0 Å². The van der Waals surface area contributed by atoms with E-state index in [1.165, 1.54) is 13.0 Å². The third-order valence-corrected chi connectivity index (χ3v) is 4.98. The molecule has 0 radical (unpaired) electrons. The number of carbonyl (C=O) groups is 2. The molecule has 1 heterocycles. The molecule has 1 saturated heterocycles. The largest absolute Gasteiger partial charge is 0.446 e. The lowest BCUT2D eigenvalue weighted by atomic mass is 9.63. The highest BCUT2D eigenvalue weighted by Gasteiger charge is 2.42. The van der Waals surface area contributed by atoms with Gasteiger partial charge in [-0.05, 0) is 56.8 Å². The molecule has 2 atom stereocenters. The molecule has 3 rings (SSSR count). The first-order valence-corrected chi connectivity index (χ1v) is 9.05. The number of hydrogen-bond donors (Lipinski definition) is 0. The Morgan fingerprint density at radius 1 is 1.15 bits per heavy atom. The lowest BCUT2D eigenvalue weighted by Crippen LogP contribution is -2.35. The second-order valence-electron chi connectivity index (χ2n) is 6.66. The highest BCUT2D eigenvalue weighted by molar-refractivity contribution is 6.00. The number of aldehydes is 1. The summed E-state index contributed by atoms with van der Waals surface area (Å²) in [6, 6.07) is 0. The van der Waals surface area contributed by atoms with Gasteiger partial charge in [-0.2, -0.15) is 13.2 Å². The number of rotatable bonds is 0. The topological polar surface area (TPSA) is 37.4 Å². The lowest BCUT2D eigenvalue weighted by Gasteiger charge is -2.40. The van der Waals surface area contributed by atoms with Gasteiger partial charge in [-0.25, -0.2) is 0 Å². The summed E-state index contributed by atoms with van der Waals surface area (Å²) < 4.78 is 31.2. The first kappa shape index (κ1) is 22.4. The van der Waals surface area contributed by atoms with E-state index in [2.05, 4.69) is 36.3 Å². The van der Waals surface area contributed by atoms with E-state index in [1.54, 1.807) is 12.2 Å². The number of ketones is 1. The van der Waals surface area contributed by atoms with Gasteiger partial charge in [-0.3, -0.25) is 9.59 Å². The van der Waals surface area contributed by atoms with E-state index in [4.69, 9.17) is 4.79 Å². The van der Waals surface area contributed by atoms with Crippen molar-refractivity contribution >= 4 is 12.1 Å². The van der Waals surface area contributed by atoms with Gasteiger partial charge in [0.15, 0.2) is 5.78 Å². The number of likely N-dealkylation sites (tertiary alicyclic amines) is 1. The predicted molar refractivity (Wildman–Crippen MR) is 96.7 cm³/mol. The molecule has 1 aliphatic heterocycles. The summed E-state index contributed by atoms with van der Waals surface area (Å²) in [5.74, 6) is 1.53. The van der Waals surface area contributed by atoms with Crippen molar-refractivity contribution in [2.45, 2.75) is 39.3 Å². The Morgan fingerprint density at radius 3 is 2.23 bits per heavy atom. The van der Waals surface area contributed by atoms with Crippen molar-refractivity contribution in [2.75, 3.05) is 20.1 Å². The van der Waals surface area contributed by atoms with Crippen LogP contribution in [0.4, 0.5) is 13.2 Å². The average Bonchev–Trinajstić information content (AvgIpc) is 2.77. The zero-order valence-electron chi connectivity index (χ0n) is 15.6. The van der Waals surface area contributed by atoms with Crippen molar-refractivity contribution in [1.82, 2.24) is 4.90 Å². The summed E-state index contributed by atoms with van der Waals surface area (Å²) in [7, 11) is 2.22. The van der Waals surface area contributed by atoms with Gasteiger partial charge in [0, 0.05) is 12.0 Å². The maximum absolute atomic E-state index is 11.4. The molecule has 0 saturated carbocycles. The fourth-order valence-corrected chi connectivity index (χ4v) is 3.79. The van der Waals surface area contributed by atoms with Crippen LogP contribution in [0.1, 0.15) is 33.1 Å². The van der Waals surface area contributed by atoms with Crippen LogP contribution in [-0.2, 0) is 9.59 Å². The fraction of sp³-hybridized carbons (Fsp3) is 0.600. The van der Waals surface area contributed by atoms with Crippen LogP contribution < -0.4 is 0 Å². The van der Waals surface area contributed by atoms with Crippen LogP contribution in [0.25, 0.3) is 0 Å². The van der Waals surface area contributed by atoms with Crippen LogP contribution in [0, 0.1) is 17.3 Å². The van der Waals surface area contributed by atoms with Crippen LogP contribution >= 0.6 is 0 Å². The smallest absolute Gasteiger partial charge is 0.306 e. The molecule has 146 valence electrons. The minimum absolute atomic E-state index is 0.119. The first-order chi connectivity index (χ1) is 12.3. The van der Waals surface area contributed by atoms with Crippen molar-refractivity contribution in [1.29, 1.82) is 0 Å². The number of hydrogen-bond acceptors (Lipinski definition) is 3. The van der Waals surface area contributed by atoms with E-state index in [0.717, 1.165) is 25.3 Å². The number of nitrogens with zero attached hydrogens (tertiary/aromatic N) is 1. The molecule has 1 spiro atoms. The molecule has 2 unspecified atom stereocenters. The second kappa shape index (κ2) is 9.86. The molecule has 0 aromatic carbocycles. The Kier molecular flexibility index (Phi) is 8.47. The van der Waals surface area contributed by atoms with E-state index >= 15 is 0 Å². The molecule has 26 heavy (non-hydrogen) atoms. The molecule has 0 aromatic rings. The van der Waals surface area contributed by atoms with Gasteiger partial charge in [0.25, 0.3) is 0 Å². The van der Waals surface area contributed by atoms with Crippen LogP contribution in [0.15, 0.2) is 36.5 Å². The zero-order chi connectivity index (χ0) is 19.8. The second-order valence-corrected chi connectivity index (χ2v) is 6.66. The molecular weight excluding hydrogens is 343 g/mol. The summed E-state index contributed by atoms with van der Waals surface area (Å²) in [4.78, 5) is 22.6. The molecule has 0 N–H and O–H groups in total. The van der Waals surface area contributed by atoms with Gasteiger partial charge in [0.05, 0.1) is 0 Å². The van der Waals surface area contributed by atoms with E-state index in [1.807, 2.05) is 13.8 Å². The van der Waals surface area contributed by atoms with Crippen molar-refractivity contribution in [3.05, 3.63) is 36.5 Å². The molecule has 1 fully saturated rings. The van der Waals surface area contributed by atoms with Gasteiger partial charge in [0.2, 0.25) is 6.29 Å². The molecule has 3 aliphatic rings. The monoisotopic (exact) mass is 371 g/mol. The van der Waals surface area contributed by atoms with E-state index in [9.17, 15) is 18.0 Å². The SMILES string of the molecule is CC.CN1CCC2(C=CC(=O)C=C2)C2CC=CCC2C1.O=CC(F)(F)F. The summed E-state index contributed by atoms with van der Waals surface area (Å²) >= 11 is 0. The summed E-state index contributed by atoms with van der Waals surface area (Å²) in [5, 5.41) is 0. The number of alkyl halides is 3. The molecular formula is C20H28F3NO2. The summed E-state index contributed by atoms with van der Waals surface area (Å²) in [5.41, 5.74) is 0.119. The Hall–Kier alpha value is -1.69. The van der Waals surface area contributed by atoms with Crippen LogP contribution in [0.2, 0.25) is 0 Å². The van der Waals surface area contributed by atoms with Gasteiger partial charge in [0.1, 0.15) is 0 Å². The minimum Gasteiger partial charge on any atom is -0.306 e. The third-order valence-electron chi connectivity index (χ3n) is 4.98. The molecule has 0 bridgehead atoms. The molecule has 0 amide bonds. The molecule has 6 heteroatoms. The summed E-state index contributed by atoms with van der Waals surface area (Å²) in [6.45, 7) is 6.31. The molecule has 2 aliphatic carbocycles. The minimum atomic E-state index is -4.64. The molecule has 0 aromatic heterocycles. The van der Waals surface area contributed by atoms with Crippen molar-refractivity contribution < 1.29 is 22.8 Å². The maximum Gasteiger partial charge on any atom is 0.446 e. The number of fused-ring (bicyclic) bond motifs is 2. The Morgan fingerprint density at radius 2 is 1.69 bits per heavy atom. The average molecular weight is 371 g/mol. The summed E-state index contributed by atoms with van der Waals surface area (Å²) in [6.07, 6.45) is 10.4. The Balaban J connectivity index is 0.000000363. The quantitative estimate of drug-likeness (QED) is 0.469. The zero-order valence-corrected chi connectivity index (χ0v) is 15.6. The first-order valence-electron chi connectivity index (χ1n) is 9.05. The van der Waals surface area contributed by atoms with Crippen LogP contribution in [0.5, 0.6) is 0 Å². The van der Waals surface area contributed by atoms with E-state index in [-0.39, 0.29) is 11.2 Å². The predicted octanol–water partition coefficient (Wildman–Crippen LogP) is 4.36. The van der Waals surface area contributed by atoms with Crippen LogP contribution in [0.3, 0.4) is 0 Å². The molecule has 3 nitrogen and oxygen atoms in total. The lowest BCUT2D eigenvalue weighted by molar-refractivity contribution is -0.156. The van der Waals surface area contributed by atoms with Crippen molar-refractivity contribution in [3.63, 3.8) is 0 Å². The fourth-order valence-electron chi connectivity index (χ4n) is 3.79. The highest BCUT2D eigenvalue weighted by atomic mass is 19.4. The van der Waals surface area contributed by atoms with Crippen LogP contribution in [-0.4, -0.2) is 43.3 Å². The van der Waals surface area contributed by atoms with Crippen molar-refractivity contribution in [2.24, 2.45) is 17.3 Å². The normalized spacial score (nSPS) is 26.8. The number of carbonyl (C=O) groups excluding carboxylic acids is 2. The number of allylic oxidation sites excluding steroid dienone is 6. The van der Waals surface area contributed by atoms with Gasteiger partial charge < -0.3 is 4.90 Å². The van der Waals surface area contributed by atoms with Gasteiger partial charge in [-0.15, -0.1) is 0 Å². The van der Waals surface area contributed by atoms with Gasteiger partial charge >= 0.3 is 6.18 Å². The Labute approximate surface area is 153 Å². The Bertz CT molecular complexity index is 548. The van der Waals surface area contributed by atoms with Gasteiger partial charge in [-0.1, -0.05) is 38.2 Å². The third kappa shape index (κ3) is 6.24. The number of halogens is 3.